The number of aliphatic hydroxyl groups excluding tert-OH is 1. The molecule has 0 aromatic rings. The molecule has 0 saturated carbocycles. The fourth-order valence-corrected chi connectivity index (χ4v) is 2.45. The summed E-state index contributed by atoms with van der Waals surface area (Å²) in [6, 6.07) is 0. The van der Waals surface area contributed by atoms with Crippen LogP contribution in [-0.4, -0.2) is 17.6 Å². The van der Waals surface area contributed by atoms with Crippen LogP contribution in [0.1, 0.15) is 84.0 Å². The number of rotatable bonds is 15. The minimum absolute atomic E-state index is 0.179. The largest absolute Gasteiger partial charge is 0.396 e. The van der Waals surface area contributed by atoms with Gasteiger partial charge in [-0.1, -0.05) is 64.0 Å². The van der Waals surface area contributed by atoms with Crippen LogP contribution in [0, 0.1) is 5.92 Å². The molecule has 3 nitrogen and oxygen atoms in total. The maximum absolute atomic E-state index is 10.6. The Morgan fingerprint density at radius 2 is 1.67 bits per heavy atom. The maximum Gasteiger partial charge on any atom is 0.217 e. The Bertz CT molecular complexity index is 264. The molecule has 0 heterocycles. The molecule has 124 valence electrons. The first-order valence-corrected chi connectivity index (χ1v) is 8.76. The SMILES string of the molecule is CCCCC(C=CCCCCCCCCCC(N)=O)CO. The first-order chi connectivity index (χ1) is 10.2. The molecule has 0 fully saturated rings. The van der Waals surface area contributed by atoms with Crippen molar-refractivity contribution in [1.82, 2.24) is 0 Å². The Labute approximate surface area is 131 Å². The van der Waals surface area contributed by atoms with E-state index in [1.165, 1.54) is 44.9 Å². The average molecular weight is 297 g/mol. The summed E-state index contributed by atoms with van der Waals surface area (Å²) in [6.07, 6.45) is 17.9. The zero-order chi connectivity index (χ0) is 15.8. The molecule has 21 heavy (non-hydrogen) atoms. The molecule has 0 aliphatic carbocycles. The van der Waals surface area contributed by atoms with Gasteiger partial charge in [-0.2, -0.15) is 0 Å². The van der Waals surface area contributed by atoms with E-state index in [1.807, 2.05) is 0 Å². The van der Waals surface area contributed by atoms with Gasteiger partial charge in [-0.15, -0.1) is 0 Å². The molecule has 0 aliphatic heterocycles. The lowest BCUT2D eigenvalue weighted by molar-refractivity contribution is -0.118. The lowest BCUT2D eigenvalue weighted by Crippen LogP contribution is -2.09. The fourth-order valence-electron chi connectivity index (χ4n) is 2.45. The van der Waals surface area contributed by atoms with Crippen molar-refractivity contribution < 1.29 is 9.90 Å². The highest BCUT2D eigenvalue weighted by molar-refractivity contribution is 5.73. The molecule has 0 saturated heterocycles. The van der Waals surface area contributed by atoms with Crippen LogP contribution >= 0.6 is 0 Å². The maximum atomic E-state index is 10.6. The number of allylic oxidation sites excluding steroid dienone is 1. The van der Waals surface area contributed by atoms with E-state index in [1.54, 1.807) is 0 Å². The third-order valence-electron chi connectivity index (χ3n) is 3.87. The van der Waals surface area contributed by atoms with Crippen LogP contribution in [0.25, 0.3) is 0 Å². The number of carbonyl (C=O) groups is 1. The van der Waals surface area contributed by atoms with Gasteiger partial charge < -0.3 is 10.8 Å². The summed E-state index contributed by atoms with van der Waals surface area (Å²) in [5.74, 6) is 0.178. The van der Waals surface area contributed by atoms with Crippen LogP contribution in [0.2, 0.25) is 0 Å². The summed E-state index contributed by atoms with van der Waals surface area (Å²) in [6.45, 7) is 2.47. The molecule has 0 rings (SSSR count). The predicted octanol–water partition coefficient (Wildman–Crippen LogP) is 4.34. The Balaban J connectivity index is 3.32. The van der Waals surface area contributed by atoms with Crippen LogP contribution in [0.5, 0.6) is 0 Å². The zero-order valence-electron chi connectivity index (χ0n) is 13.9. The molecule has 0 aromatic carbocycles. The molecule has 1 amide bonds. The molecular weight excluding hydrogens is 262 g/mol. The van der Waals surface area contributed by atoms with Gasteiger partial charge in [0.05, 0.1) is 0 Å². The van der Waals surface area contributed by atoms with Crippen molar-refractivity contribution in [3.63, 3.8) is 0 Å². The van der Waals surface area contributed by atoms with Crippen molar-refractivity contribution in [2.45, 2.75) is 84.0 Å². The molecule has 0 spiro atoms. The van der Waals surface area contributed by atoms with Gasteiger partial charge in [-0.05, 0) is 31.6 Å². The first-order valence-electron chi connectivity index (χ1n) is 8.76. The fraction of sp³-hybridized carbons (Fsp3) is 0.833. The number of nitrogens with two attached hydrogens (primary N) is 1. The van der Waals surface area contributed by atoms with E-state index < -0.39 is 0 Å². The van der Waals surface area contributed by atoms with Gasteiger partial charge >= 0.3 is 0 Å². The molecule has 3 N–H and O–H groups in total. The van der Waals surface area contributed by atoms with Crippen LogP contribution in [0.15, 0.2) is 12.2 Å². The third-order valence-corrected chi connectivity index (χ3v) is 3.87. The van der Waals surface area contributed by atoms with E-state index >= 15 is 0 Å². The van der Waals surface area contributed by atoms with Crippen LogP contribution in [-0.2, 0) is 4.79 Å². The third kappa shape index (κ3) is 15.4. The van der Waals surface area contributed by atoms with Crippen molar-refractivity contribution in [1.29, 1.82) is 0 Å². The monoisotopic (exact) mass is 297 g/mol. The predicted molar refractivity (Wildman–Crippen MR) is 90.0 cm³/mol. The summed E-state index contributed by atoms with van der Waals surface area (Å²) in [5, 5.41) is 9.25. The smallest absolute Gasteiger partial charge is 0.217 e. The minimum Gasteiger partial charge on any atom is -0.396 e. The first kappa shape index (κ1) is 20.2. The van der Waals surface area contributed by atoms with Crippen LogP contribution in [0.3, 0.4) is 0 Å². The number of hydrogen-bond donors (Lipinski definition) is 2. The van der Waals surface area contributed by atoms with Crippen molar-refractivity contribution in [3.8, 4) is 0 Å². The van der Waals surface area contributed by atoms with Crippen LogP contribution in [0.4, 0.5) is 0 Å². The number of carbonyl (C=O) groups excluding carboxylic acids is 1. The summed E-state index contributed by atoms with van der Waals surface area (Å²) in [4.78, 5) is 10.6. The minimum atomic E-state index is -0.179. The summed E-state index contributed by atoms with van der Waals surface area (Å²) < 4.78 is 0. The Morgan fingerprint density at radius 1 is 1.05 bits per heavy atom. The normalized spacial score (nSPS) is 12.9. The standard InChI is InChI=1S/C18H35NO2/c1-2-3-13-17(16-20)14-11-9-7-5-4-6-8-10-12-15-18(19)21/h11,14,17,20H,2-10,12-13,15-16H2,1H3,(H2,19,21). The molecule has 0 aromatic heterocycles. The quantitative estimate of drug-likeness (QED) is 0.349. The second kappa shape index (κ2) is 15.6. The molecule has 0 aliphatic rings. The van der Waals surface area contributed by atoms with E-state index in [-0.39, 0.29) is 12.5 Å². The van der Waals surface area contributed by atoms with Crippen molar-refractivity contribution in [2.75, 3.05) is 6.61 Å². The molecular formula is C18H35NO2. The Kier molecular flexibility index (Phi) is 14.9. The van der Waals surface area contributed by atoms with E-state index in [0.29, 0.717) is 12.3 Å². The van der Waals surface area contributed by atoms with Crippen LogP contribution < -0.4 is 5.73 Å². The van der Waals surface area contributed by atoms with Gasteiger partial charge in [-0.25, -0.2) is 0 Å². The van der Waals surface area contributed by atoms with Gasteiger partial charge in [0.25, 0.3) is 0 Å². The molecule has 1 unspecified atom stereocenters. The van der Waals surface area contributed by atoms with Gasteiger partial charge in [0.15, 0.2) is 0 Å². The van der Waals surface area contributed by atoms with E-state index in [0.717, 1.165) is 25.7 Å². The second-order valence-electron chi connectivity index (χ2n) is 5.99. The van der Waals surface area contributed by atoms with Gasteiger partial charge in [0.2, 0.25) is 5.91 Å². The highest BCUT2D eigenvalue weighted by atomic mass is 16.3. The summed E-state index contributed by atoms with van der Waals surface area (Å²) in [5.41, 5.74) is 5.10. The summed E-state index contributed by atoms with van der Waals surface area (Å²) >= 11 is 0. The topological polar surface area (TPSA) is 63.3 Å². The molecule has 0 radical (unpaired) electrons. The van der Waals surface area contributed by atoms with Gasteiger partial charge in [0.1, 0.15) is 0 Å². The van der Waals surface area contributed by atoms with Crippen molar-refractivity contribution in [2.24, 2.45) is 11.7 Å². The lowest BCUT2D eigenvalue weighted by Gasteiger charge is -2.07. The van der Waals surface area contributed by atoms with Crippen molar-refractivity contribution >= 4 is 5.91 Å². The Morgan fingerprint density at radius 3 is 2.24 bits per heavy atom. The summed E-state index contributed by atoms with van der Waals surface area (Å²) in [7, 11) is 0. The Hall–Kier alpha value is -0.830. The number of hydrogen-bond acceptors (Lipinski definition) is 2. The van der Waals surface area contributed by atoms with E-state index in [2.05, 4.69) is 19.1 Å². The number of amides is 1. The molecule has 0 bridgehead atoms. The van der Waals surface area contributed by atoms with E-state index in [4.69, 9.17) is 5.73 Å². The zero-order valence-corrected chi connectivity index (χ0v) is 13.9. The highest BCUT2D eigenvalue weighted by Crippen LogP contribution is 2.12. The highest BCUT2D eigenvalue weighted by Gasteiger charge is 2.01. The number of aliphatic hydroxyl groups is 1. The van der Waals surface area contributed by atoms with Gasteiger partial charge in [-0.3, -0.25) is 4.79 Å². The number of unbranched alkanes of at least 4 members (excludes halogenated alkanes) is 8. The van der Waals surface area contributed by atoms with E-state index in [9.17, 15) is 9.90 Å². The number of primary amides is 1. The van der Waals surface area contributed by atoms with Crippen molar-refractivity contribution in [3.05, 3.63) is 12.2 Å². The lowest BCUT2D eigenvalue weighted by atomic mass is 10.0. The molecule has 1 atom stereocenters. The second-order valence-corrected chi connectivity index (χ2v) is 5.99. The van der Waals surface area contributed by atoms with Gasteiger partial charge in [0, 0.05) is 13.0 Å². The average Bonchev–Trinajstić information content (AvgIpc) is 2.47. The molecule has 3 heteroatoms.